The van der Waals surface area contributed by atoms with Crippen molar-refractivity contribution in [3.8, 4) is 0 Å². The van der Waals surface area contributed by atoms with Crippen LogP contribution in [-0.2, 0) is 22.9 Å². The molecule has 7 heteroatoms. The molecule has 1 saturated heterocycles. The Balaban J connectivity index is 1.64. The molecule has 0 radical (unpaired) electrons. The Bertz CT molecular complexity index is 710. The highest BCUT2D eigenvalue weighted by Gasteiger charge is 2.29. The standard InChI is InChI=1S/C18H30N4O2S/c1-13(2)12-25(23,24)22-10-8-15(9-11-22)21-18-16-6-4-5-7-17(16)19-14(3)20-18/h13,15H,4-12H2,1-3H3,(H,19,20,21). The molecule has 6 nitrogen and oxygen atoms in total. The van der Waals surface area contributed by atoms with Crippen LogP contribution < -0.4 is 5.32 Å². The van der Waals surface area contributed by atoms with Crippen LogP contribution in [0.25, 0.3) is 0 Å². The summed E-state index contributed by atoms with van der Waals surface area (Å²) in [4.78, 5) is 9.23. The number of anilines is 1. The number of nitrogens with zero attached hydrogens (tertiary/aromatic N) is 3. The fourth-order valence-corrected chi connectivity index (χ4v) is 5.66. The minimum Gasteiger partial charge on any atom is -0.367 e. The average molecular weight is 367 g/mol. The first-order valence-electron chi connectivity index (χ1n) is 9.46. The topological polar surface area (TPSA) is 75.2 Å². The highest BCUT2D eigenvalue weighted by Crippen LogP contribution is 2.27. The number of sulfonamides is 1. The van der Waals surface area contributed by atoms with Crippen LogP contribution in [0.2, 0.25) is 0 Å². The third-order valence-corrected chi connectivity index (χ3v) is 7.27. The van der Waals surface area contributed by atoms with E-state index in [-0.39, 0.29) is 17.7 Å². The van der Waals surface area contributed by atoms with Crippen molar-refractivity contribution in [3.05, 3.63) is 17.1 Å². The molecule has 140 valence electrons. The van der Waals surface area contributed by atoms with Gasteiger partial charge >= 0.3 is 0 Å². The van der Waals surface area contributed by atoms with E-state index in [1.54, 1.807) is 4.31 Å². The summed E-state index contributed by atoms with van der Waals surface area (Å²) >= 11 is 0. The van der Waals surface area contributed by atoms with Crippen LogP contribution in [0.3, 0.4) is 0 Å². The summed E-state index contributed by atoms with van der Waals surface area (Å²) in [5.74, 6) is 2.20. The molecular formula is C18H30N4O2S. The number of hydrogen-bond donors (Lipinski definition) is 1. The van der Waals surface area contributed by atoms with Gasteiger partial charge < -0.3 is 5.32 Å². The van der Waals surface area contributed by atoms with Crippen molar-refractivity contribution < 1.29 is 8.42 Å². The van der Waals surface area contributed by atoms with Gasteiger partial charge in [-0.3, -0.25) is 0 Å². The normalized spacial score (nSPS) is 19.8. The Morgan fingerprint density at radius 1 is 1.16 bits per heavy atom. The van der Waals surface area contributed by atoms with E-state index in [1.807, 2.05) is 20.8 Å². The molecule has 1 aliphatic carbocycles. The van der Waals surface area contributed by atoms with E-state index in [0.717, 1.165) is 37.3 Å². The van der Waals surface area contributed by atoms with Crippen molar-refractivity contribution in [2.45, 2.75) is 65.3 Å². The van der Waals surface area contributed by atoms with E-state index in [0.29, 0.717) is 13.1 Å². The zero-order valence-electron chi connectivity index (χ0n) is 15.6. The van der Waals surface area contributed by atoms with Crippen LogP contribution in [0.1, 0.15) is 56.6 Å². The number of aromatic nitrogens is 2. The van der Waals surface area contributed by atoms with Gasteiger partial charge in [0.25, 0.3) is 0 Å². The number of hydrogen-bond acceptors (Lipinski definition) is 5. The molecule has 0 aromatic carbocycles. The largest absolute Gasteiger partial charge is 0.367 e. The van der Waals surface area contributed by atoms with Gasteiger partial charge in [-0.1, -0.05) is 13.8 Å². The Morgan fingerprint density at radius 2 is 1.84 bits per heavy atom. The van der Waals surface area contributed by atoms with Crippen molar-refractivity contribution in [1.82, 2.24) is 14.3 Å². The van der Waals surface area contributed by atoms with Crippen molar-refractivity contribution in [3.63, 3.8) is 0 Å². The molecule has 0 atom stereocenters. The van der Waals surface area contributed by atoms with Crippen LogP contribution in [0.4, 0.5) is 5.82 Å². The monoisotopic (exact) mass is 366 g/mol. The van der Waals surface area contributed by atoms with E-state index in [1.165, 1.54) is 24.1 Å². The fraction of sp³-hybridized carbons (Fsp3) is 0.778. The average Bonchev–Trinajstić information content (AvgIpc) is 2.54. The molecule has 0 amide bonds. The maximum Gasteiger partial charge on any atom is 0.214 e. The number of aryl methyl sites for hydroxylation is 2. The molecule has 1 aliphatic heterocycles. The summed E-state index contributed by atoms with van der Waals surface area (Å²) in [6, 6.07) is 0.283. The van der Waals surface area contributed by atoms with Gasteiger partial charge in [-0.25, -0.2) is 22.7 Å². The molecule has 2 heterocycles. The van der Waals surface area contributed by atoms with Crippen LogP contribution in [-0.4, -0.2) is 47.6 Å². The zero-order chi connectivity index (χ0) is 18.0. The van der Waals surface area contributed by atoms with E-state index in [2.05, 4.69) is 15.3 Å². The fourth-order valence-electron chi connectivity index (χ4n) is 3.84. The van der Waals surface area contributed by atoms with E-state index in [4.69, 9.17) is 0 Å². The maximum atomic E-state index is 12.4. The van der Waals surface area contributed by atoms with Gasteiger partial charge in [0, 0.05) is 30.4 Å². The minimum atomic E-state index is -3.12. The molecule has 1 N–H and O–H groups in total. The third-order valence-electron chi connectivity index (χ3n) is 5.03. The van der Waals surface area contributed by atoms with Crippen molar-refractivity contribution in [2.24, 2.45) is 5.92 Å². The molecule has 0 bridgehead atoms. The van der Waals surface area contributed by atoms with Gasteiger partial charge in [-0.15, -0.1) is 0 Å². The molecule has 1 fully saturated rings. The summed E-state index contributed by atoms with van der Waals surface area (Å²) in [5, 5.41) is 3.59. The van der Waals surface area contributed by atoms with Gasteiger partial charge in [-0.2, -0.15) is 0 Å². The molecule has 2 aliphatic rings. The Morgan fingerprint density at radius 3 is 2.52 bits per heavy atom. The third kappa shape index (κ3) is 4.50. The first kappa shape index (κ1) is 18.6. The summed E-state index contributed by atoms with van der Waals surface area (Å²) in [5.41, 5.74) is 2.46. The summed E-state index contributed by atoms with van der Waals surface area (Å²) in [7, 11) is -3.12. The minimum absolute atomic E-state index is 0.163. The van der Waals surface area contributed by atoms with E-state index >= 15 is 0 Å². The summed E-state index contributed by atoms with van der Waals surface area (Å²) in [6.07, 6.45) is 6.14. The second kappa shape index (κ2) is 7.58. The van der Waals surface area contributed by atoms with Gasteiger partial charge in [0.05, 0.1) is 5.75 Å². The van der Waals surface area contributed by atoms with E-state index in [9.17, 15) is 8.42 Å². The van der Waals surface area contributed by atoms with Gasteiger partial charge in [-0.05, 0) is 51.4 Å². The SMILES string of the molecule is Cc1nc2c(c(NC3CCN(S(=O)(=O)CC(C)C)CC3)n1)CCCC2. The number of fused-ring (bicyclic) bond motifs is 1. The zero-order valence-corrected chi connectivity index (χ0v) is 16.4. The number of piperidine rings is 1. The van der Waals surface area contributed by atoms with Crippen molar-refractivity contribution >= 4 is 15.8 Å². The Kier molecular flexibility index (Phi) is 5.63. The molecule has 1 aromatic rings. The lowest BCUT2D eigenvalue weighted by Gasteiger charge is -2.33. The molecule has 0 unspecified atom stereocenters. The van der Waals surface area contributed by atoms with Crippen LogP contribution >= 0.6 is 0 Å². The number of rotatable bonds is 5. The van der Waals surface area contributed by atoms with Gasteiger partial charge in [0.15, 0.2) is 0 Å². The second-order valence-electron chi connectivity index (χ2n) is 7.74. The Labute approximate surface area is 151 Å². The lowest BCUT2D eigenvalue weighted by molar-refractivity contribution is 0.327. The number of nitrogens with one attached hydrogen (secondary N) is 1. The van der Waals surface area contributed by atoms with Crippen molar-refractivity contribution in [1.29, 1.82) is 0 Å². The predicted molar refractivity (Wildman–Crippen MR) is 100 cm³/mol. The van der Waals surface area contributed by atoms with E-state index < -0.39 is 10.0 Å². The second-order valence-corrected chi connectivity index (χ2v) is 9.76. The predicted octanol–water partition coefficient (Wildman–Crippen LogP) is 2.53. The lowest BCUT2D eigenvalue weighted by atomic mass is 9.96. The highest BCUT2D eigenvalue weighted by atomic mass is 32.2. The molecule has 0 saturated carbocycles. The molecule has 25 heavy (non-hydrogen) atoms. The lowest BCUT2D eigenvalue weighted by Crippen LogP contribution is -2.44. The first-order chi connectivity index (χ1) is 11.8. The molecule has 1 aromatic heterocycles. The highest BCUT2D eigenvalue weighted by molar-refractivity contribution is 7.89. The Hall–Kier alpha value is -1.21. The smallest absolute Gasteiger partial charge is 0.214 e. The molecule has 0 spiro atoms. The summed E-state index contributed by atoms with van der Waals surface area (Å²) < 4.78 is 26.4. The van der Waals surface area contributed by atoms with Crippen LogP contribution in [0.15, 0.2) is 0 Å². The van der Waals surface area contributed by atoms with Gasteiger partial charge in [0.2, 0.25) is 10.0 Å². The molecule has 3 rings (SSSR count). The van der Waals surface area contributed by atoms with Crippen molar-refractivity contribution in [2.75, 3.05) is 24.2 Å². The molecular weight excluding hydrogens is 336 g/mol. The van der Waals surface area contributed by atoms with Crippen LogP contribution in [0, 0.1) is 12.8 Å². The van der Waals surface area contributed by atoms with Crippen LogP contribution in [0.5, 0.6) is 0 Å². The van der Waals surface area contributed by atoms with Gasteiger partial charge in [0.1, 0.15) is 11.6 Å². The maximum absolute atomic E-state index is 12.4. The first-order valence-corrected chi connectivity index (χ1v) is 11.1. The summed E-state index contributed by atoms with van der Waals surface area (Å²) in [6.45, 7) is 7.04. The quantitative estimate of drug-likeness (QED) is 0.867.